The maximum absolute atomic E-state index is 12.3. The zero-order valence-corrected chi connectivity index (χ0v) is 23.7. The normalized spacial score (nSPS) is 12.6. The van der Waals surface area contributed by atoms with E-state index in [2.05, 4.69) is 11.9 Å². The van der Waals surface area contributed by atoms with Crippen LogP contribution < -0.4 is 19.5 Å². The van der Waals surface area contributed by atoms with Crippen molar-refractivity contribution in [3.05, 3.63) is 65.2 Å². The number of carbonyl (C=O) groups excluding carboxylic acids is 1. The number of rotatable bonds is 20. The van der Waals surface area contributed by atoms with Crippen molar-refractivity contribution in [3.8, 4) is 17.2 Å². The number of ether oxygens (including phenoxy) is 4. The second-order valence-electron chi connectivity index (χ2n) is 9.79. The summed E-state index contributed by atoms with van der Waals surface area (Å²) in [6.45, 7) is 7.18. The zero-order valence-electron chi connectivity index (χ0n) is 23.7. The van der Waals surface area contributed by atoms with Gasteiger partial charge in [-0.05, 0) is 81.8 Å². The highest BCUT2D eigenvalue weighted by Gasteiger charge is 2.22. The zero-order chi connectivity index (χ0) is 28.6. The van der Waals surface area contributed by atoms with Gasteiger partial charge in [-0.15, -0.1) is 6.58 Å². The fourth-order valence-corrected chi connectivity index (χ4v) is 4.81. The molecule has 0 aromatic heterocycles. The van der Waals surface area contributed by atoms with Crippen molar-refractivity contribution in [1.82, 2.24) is 5.32 Å². The van der Waals surface area contributed by atoms with Crippen LogP contribution >= 0.6 is 0 Å². The number of hydrogen-bond acceptors (Lipinski definition) is 7. The first kappa shape index (κ1) is 31.2. The Morgan fingerprint density at radius 2 is 1.62 bits per heavy atom. The highest BCUT2D eigenvalue weighted by atomic mass is 16.5. The van der Waals surface area contributed by atoms with Crippen molar-refractivity contribution < 1.29 is 33.6 Å². The Labute approximate surface area is 237 Å². The van der Waals surface area contributed by atoms with Crippen molar-refractivity contribution in [2.45, 2.75) is 57.8 Å². The second kappa shape index (κ2) is 17.4. The predicted molar refractivity (Wildman–Crippen MR) is 155 cm³/mol. The van der Waals surface area contributed by atoms with Gasteiger partial charge >= 0.3 is 5.97 Å². The molecule has 1 aliphatic carbocycles. The van der Waals surface area contributed by atoms with E-state index < -0.39 is 5.97 Å². The molecular formula is C32H43NO7. The monoisotopic (exact) mass is 553 g/mol. The van der Waals surface area contributed by atoms with Gasteiger partial charge in [0.2, 0.25) is 0 Å². The van der Waals surface area contributed by atoms with Crippen LogP contribution in [0.3, 0.4) is 0 Å². The van der Waals surface area contributed by atoms with Crippen LogP contribution in [0.2, 0.25) is 0 Å². The lowest BCUT2D eigenvalue weighted by Gasteiger charge is -2.21. The van der Waals surface area contributed by atoms with Gasteiger partial charge in [0.05, 0.1) is 26.4 Å². The molecule has 0 radical (unpaired) electrons. The first-order valence-corrected chi connectivity index (χ1v) is 14.3. The van der Waals surface area contributed by atoms with Gasteiger partial charge in [0.25, 0.3) is 0 Å². The van der Waals surface area contributed by atoms with Gasteiger partial charge < -0.3 is 29.4 Å². The third kappa shape index (κ3) is 9.68. The minimum atomic E-state index is -0.863. The molecule has 1 aliphatic rings. The molecule has 0 aliphatic heterocycles. The third-order valence-electron chi connectivity index (χ3n) is 6.83. The van der Waals surface area contributed by atoms with Gasteiger partial charge in [-0.3, -0.25) is 9.59 Å². The van der Waals surface area contributed by atoms with Crippen LogP contribution in [0.15, 0.2) is 43.0 Å². The molecule has 0 saturated carbocycles. The van der Waals surface area contributed by atoms with E-state index in [9.17, 15) is 14.7 Å². The summed E-state index contributed by atoms with van der Waals surface area (Å²) in [7, 11) is 1.87. The van der Waals surface area contributed by atoms with E-state index in [1.807, 2.05) is 43.5 Å². The van der Waals surface area contributed by atoms with Crippen molar-refractivity contribution in [2.24, 2.45) is 0 Å². The number of carboxylic acid groups (broad SMARTS) is 1. The molecule has 0 amide bonds. The van der Waals surface area contributed by atoms with Crippen molar-refractivity contribution in [2.75, 3.05) is 46.6 Å². The Morgan fingerprint density at radius 1 is 0.925 bits per heavy atom. The molecule has 0 atom stereocenters. The van der Waals surface area contributed by atoms with Crippen LogP contribution in [-0.2, 0) is 28.8 Å². The third-order valence-corrected chi connectivity index (χ3v) is 6.83. The molecular weight excluding hydrogens is 510 g/mol. The molecule has 0 unspecified atom stereocenters. The van der Waals surface area contributed by atoms with E-state index in [4.69, 9.17) is 18.9 Å². The summed E-state index contributed by atoms with van der Waals surface area (Å²) in [6, 6.07) is 9.39. The van der Waals surface area contributed by atoms with Gasteiger partial charge in [-0.1, -0.05) is 12.1 Å². The molecule has 8 nitrogen and oxygen atoms in total. The van der Waals surface area contributed by atoms with E-state index in [1.54, 1.807) is 0 Å². The molecule has 2 aromatic rings. The Hall–Kier alpha value is -3.36. The van der Waals surface area contributed by atoms with Gasteiger partial charge in [0.1, 0.15) is 23.9 Å². The van der Waals surface area contributed by atoms with Crippen molar-refractivity contribution >= 4 is 11.8 Å². The largest absolute Gasteiger partial charge is 0.493 e. The highest BCUT2D eigenvalue weighted by Crippen LogP contribution is 2.32. The van der Waals surface area contributed by atoms with E-state index in [0.29, 0.717) is 63.8 Å². The summed E-state index contributed by atoms with van der Waals surface area (Å²) in [5.41, 5.74) is 3.81. The molecule has 3 rings (SSSR count). The summed E-state index contributed by atoms with van der Waals surface area (Å²) in [6.07, 6.45) is 7.92. The average Bonchev–Trinajstić information content (AvgIpc) is 2.95. The molecule has 0 fully saturated rings. The Morgan fingerprint density at radius 3 is 2.30 bits per heavy atom. The number of carbonyl (C=O) groups is 2. The molecule has 0 saturated heterocycles. The molecule has 0 heterocycles. The molecule has 0 bridgehead atoms. The first-order chi connectivity index (χ1) is 19.5. The minimum absolute atomic E-state index is 0.00254. The number of unbranched alkanes of at least 4 members (excludes halogenated alkanes) is 2. The van der Waals surface area contributed by atoms with E-state index in [-0.39, 0.29) is 12.2 Å². The standard InChI is InChI=1S/C32H43NO7/c1-3-9-26-24-10-7-11-28(34)25(24)14-16-31(26)39-20-6-4-5-19-38-29-12-8-13-30(27(29)15-17-32(35)36)40-23-22-37-21-18-33-2/h3,8,12-14,16,33H,1,4-7,9-11,15,17-23H2,2H3,(H,35,36). The number of nitrogens with one attached hydrogen (secondary N) is 1. The van der Waals surface area contributed by atoms with Crippen molar-refractivity contribution in [1.29, 1.82) is 0 Å². The predicted octanol–water partition coefficient (Wildman–Crippen LogP) is 5.19. The molecule has 218 valence electrons. The fourth-order valence-electron chi connectivity index (χ4n) is 4.81. The quantitative estimate of drug-likeness (QED) is 0.171. The van der Waals surface area contributed by atoms with Gasteiger partial charge in [-0.25, -0.2) is 0 Å². The minimum Gasteiger partial charge on any atom is -0.493 e. The fraction of sp³-hybridized carbons (Fsp3) is 0.500. The lowest BCUT2D eigenvalue weighted by molar-refractivity contribution is -0.136. The van der Waals surface area contributed by atoms with Crippen LogP contribution in [-0.4, -0.2) is 63.5 Å². The summed E-state index contributed by atoms with van der Waals surface area (Å²) in [4.78, 5) is 23.5. The lowest BCUT2D eigenvalue weighted by Crippen LogP contribution is -2.17. The maximum atomic E-state index is 12.3. The smallest absolute Gasteiger partial charge is 0.303 e. The Balaban J connectivity index is 1.47. The summed E-state index contributed by atoms with van der Waals surface area (Å²) < 4.78 is 23.6. The summed E-state index contributed by atoms with van der Waals surface area (Å²) in [5.74, 6) is 1.49. The number of aliphatic carboxylic acids is 1. The summed E-state index contributed by atoms with van der Waals surface area (Å²) in [5, 5.41) is 12.2. The number of fused-ring (bicyclic) bond motifs is 1. The first-order valence-electron chi connectivity index (χ1n) is 14.3. The number of hydrogen-bond donors (Lipinski definition) is 2. The van der Waals surface area contributed by atoms with E-state index in [0.717, 1.165) is 66.7 Å². The van der Waals surface area contributed by atoms with E-state index >= 15 is 0 Å². The Kier molecular flexibility index (Phi) is 13.5. The van der Waals surface area contributed by atoms with Crippen LogP contribution in [0.4, 0.5) is 0 Å². The van der Waals surface area contributed by atoms with Gasteiger partial charge in [0, 0.05) is 36.1 Å². The summed E-state index contributed by atoms with van der Waals surface area (Å²) >= 11 is 0. The number of allylic oxidation sites excluding steroid dienone is 1. The number of likely N-dealkylation sites (N-methyl/N-ethyl adjacent to an activating group) is 1. The number of carboxylic acids is 1. The maximum Gasteiger partial charge on any atom is 0.303 e. The topological polar surface area (TPSA) is 103 Å². The molecule has 40 heavy (non-hydrogen) atoms. The average molecular weight is 554 g/mol. The van der Waals surface area contributed by atoms with Crippen LogP contribution in [0, 0.1) is 0 Å². The van der Waals surface area contributed by atoms with Crippen LogP contribution in [0.1, 0.15) is 65.6 Å². The molecule has 8 heteroatoms. The number of ketones is 1. The van der Waals surface area contributed by atoms with Crippen molar-refractivity contribution in [3.63, 3.8) is 0 Å². The van der Waals surface area contributed by atoms with E-state index in [1.165, 1.54) is 0 Å². The van der Waals surface area contributed by atoms with Gasteiger partial charge in [0.15, 0.2) is 5.78 Å². The Bertz CT molecular complexity index is 1110. The van der Waals surface area contributed by atoms with Gasteiger partial charge in [-0.2, -0.15) is 0 Å². The second-order valence-corrected chi connectivity index (χ2v) is 9.79. The SMILES string of the molecule is C=CCc1c(OCCCCCOc2cccc(OCCOCCNC)c2CCC(=O)O)ccc2c1CCCC2=O. The number of benzene rings is 2. The lowest BCUT2D eigenvalue weighted by atomic mass is 9.86. The number of Topliss-reactive ketones (excluding diaryl/α,β-unsaturated/α-hetero) is 1. The van der Waals surface area contributed by atoms with Crippen LogP contribution in [0.5, 0.6) is 17.2 Å². The molecule has 0 spiro atoms. The highest BCUT2D eigenvalue weighted by molar-refractivity contribution is 5.99. The van der Waals surface area contributed by atoms with Crippen LogP contribution in [0.25, 0.3) is 0 Å². The molecule has 2 N–H and O–H groups in total. The molecule has 2 aromatic carbocycles.